The lowest BCUT2D eigenvalue weighted by Gasteiger charge is -2.09. The van der Waals surface area contributed by atoms with Crippen LogP contribution in [0.2, 0.25) is 5.02 Å². The molecule has 0 unspecified atom stereocenters. The maximum Gasteiger partial charge on any atom is 0.138 e. The van der Waals surface area contributed by atoms with Gasteiger partial charge in [-0.15, -0.1) is 0 Å². The summed E-state index contributed by atoms with van der Waals surface area (Å²) in [4.78, 5) is 4.04. The lowest BCUT2D eigenvalue weighted by atomic mass is 10.1. The van der Waals surface area contributed by atoms with Crippen molar-refractivity contribution in [3.63, 3.8) is 0 Å². The first-order chi connectivity index (χ1) is 10.2. The highest BCUT2D eigenvalue weighted by Gasteiger charge is 2.12. The normalized spacial score (nSPS) is 10.6. The predicted octanol–water partition coefficient (Wildman–Crippen LogP) is 3.90. The molecule has 0 bridgehead atoms. The lowest BCUT2D eigenvalue weighted by Crippen LogP contribution is -1.99. The summed E-state index contributed by atoms with van der Waals surface area (Å²) in [5.74, 6) is 0.647. The van der Waals surface area contributed by atoms with E-state index in [0.29, 0.717) is 10.8 Å². The summed E-state index contributed by atoms with van der Waals surface area (Å²) in [6.07, 6.45) is 3.50. The van der Waals surface area contributed by atoms with Gasteiger partial charge in [-0.1, -0.05) is 17.7 Å². The molecule has 3 rings (SSSR count). The van der Waals surface area contributed by atoms with E-state index >= 15 is 0 Å². The van der Waals surface area contributed by atoms with Gasteiger partial charge in [0, 0.05) is 18.0 Å². The molecule has 0 saturated carbocycles. The summed E-state index contributed by atoms with van der Waals surface area (Å²) in [5, 5.41) is 5.14. The standard InChI is InChI=1S/C16H14ClN3O/c1-11-9-15(12-3-4-14(17)16(10-12)21-2)20(19-11)13-5-7-18-8-6-13/h3-10H,1-2H3. The van der Waals surface area contributed by atoms with Crippen molar-refractivity contribution in [3.8, 4) is 22.7 Å². The summed E-state index contributed by atoms with van der Waals surface area (Å²) in [7, 11) is 1.61. The van der Waals surface area contributed by atoms with Crippen molar-refractivity contribution < 1.29 is 4.74 Å². The fourth-order valence-corrected chi connectivity index (χ4v) is 2.40. The van der Waals surface area contributed by atoms with E-state index in [0.717, 1.165) is 22.6 Å². The van der Waals surface area contributed by atoms with E-state index in [4.69, 9.17) is 16.3 Å². The van der Waals surface area contributed by atoms with E-state index in [9.17, 15) is 0 Å². The van der Waals surface area contributed by atoms with Crippen molar-refractivity contribution in [1.29, 1.82) is 0 Å². The van der Waals surface area contributed by atoms with Gasteiger partial charge in [0.25, 0.3) is 0 Å². The number of hydrogen-bond acceptors (Lipinski definition) is 3. The highest BCUT2D eigenvalue weighted by atomic mass is 35.5. The highest BCUT2D eigenvalue weighted by molar-refractivity contribution is 6.32. The van der Waals surface area contributed by atoms with Crippen LogP contribution in [0.1, 0.15) is 5.69 Å². The van der Waals surface area contributed by atoms with Gasteiger partial charge in [0.15, 0.2) is 0 Å². The average molecular weight is 300 g/mol. The number of methoxy groups -OCH3 is 1. The maximum atomic E-state index is 6.09. The molecule has 0 aliphatic rings. The van der Waals surface area contributed by atoms with Crippen LogP contribution in [-0.2, 0) is 0 Å². The number of pyridine rings is 1. The quantitative estimate of drug-likeness (QED) is 0.736. The minimum atomic E-state index is 0.591. The fourth-order valence-electron chi connectivity index (χ4n) is 2.21. The van der Waals surface area contributed by atoms with E-state index in [1.54, 1.807) is 19.5 Å². The van der Waals surface area contributed by atoms with Crippen molar-refractivity contribution in [2.24, 2.45) is 0 Å². The Hall–Kier alpha value is -2.33. The van der Waals surface area contributed by atoms with Crippen LogP contribution >= 0.6 is 11.6 Å². The second-order valence-corrected chi connectivity index (χ2v) is 5.04. The molecule has 0 N–H and O–H groups in total. The summed E-state index contributed by atoms with van der Waals surface area (Å²) < 4.78 is 7.18. The third-order valence-corrected chi connectivity index (χ3v) is 3.50. The Balaban J connectivity index is 2.15. The van der Waals surface area contributed by atoms with Gasteiger partial charge < -0.3 is 4.74 Å². The number of rotatable bonds is 3. The smallest absolute Gasteiger partial charge is 0.138 e. The topological polar surface area (TPSA) is 39.9 Å². The van der Waals surface area contributed by atoms with E-state index in [1.165, 1.54) is 0 Å². The number of aryl methyl sites for hydroxylation is 1. The molecule has 0 amide bonds. The molecule has 5 heteroatoms. The SMILES string of the molecule is COc1cc(-c2cc(C)nn2-c2ccncc2)ccc1Cl. The Morgan fingerprint density at radius 3 is 2.57 bits per heavy atom. The maximum absolute atomic E-state index is 6.09. The first-order valence-electron chi connectivity index (χ1n) is 6.50. The predicted molar refractivity (Wildman–Crippen MR) is 83.1 cm³/mol. The fraction of sp³-hybridized carbons (Fsp3) is 0.125. The third-order valence-electron chi connectivity index (χ3n) is 3.19. The van der Waals surface area contributed by atoms with Gasteiger partial charge in [-0.05, 0) is 37.3 Å². The van der Waals surface area contributed by atoms with Gasteiger partial charge in [-0.2, -0.15) is 5.10 Å². The van der Waals surface area contributed by atoms with Gasteiger partial charge in [0.2, 0.25) is 0 Å². The Kier molecular flexibility index (Phi) is 3.62. The van der Waals surface area contributed by atoms with Crippen LogP contribution in [0, 0.1) is 6.92 Å². The number of halogens is 1. The van der Waals surface area contributed by atoms with Crippen molar-refractivity contribution in [3.05, 3.63) is 59.5 Å². The monoisotopic (exact) mass is 299 g/mol. The van der Waals surface area contributed by atoms with E-state index < -0.39 is 0 Å². The molecule has 3 aromatic rings. The van der Waals surface area contributed by atoms with Crippen LogP contribution in [-0.4, -0.2) is 21.9 Å². The minimum Gasteiger partial charge on any atom is -0.495 e. The largest absolute Gasteiger partial charge is 0.495 e. The Morgan fingerprint density at radius 1 is 1.10 bits per heavy atom. The van der Waals surface area contributed by atoms with Crippen LogP contribution in [0.5, 0.6) is 5.75 Å². The van der Waals surface area contributed by atoms with Gasteiger partial charge in [-0.3, -0.25) is 4.98 Å². The molecule has 106 valence electrons. The van der Waals surface area contributed by atoms with Gasteiger partial charge in [-0.25, -0.2) is 4.68 Å². The third kappa shape index (κ3) is 2.62. The summed E-state index contributed by atoms with van der Waals surface area (Å²) in [6.45, 7) is 1.97. The molecule has 0 fully saturated rings. The molecule has 21 heavy (non-hydrogen) atoms. The summed E-state index contributed by atoms with van der Waals surface area (Å²) in [5.41, 5.74) is 3.88. The van der Waals surface area contributed by atoms with Crippen LogP contribution in [0.25, 0.3) is 16.9 Å². The summed E-state index contributed by atoms with van der Waals surface area (Å²) >= 11 is 6.09. The molecule has 0 aliphatic heterocycles. The second-order valence-electron chi connectivity index (χ2n) is 4.64. The molecule has 2 aromatic heterocycles. The van der Waals surface area contributed by atoms with E-state index in [1.807, 2.05) is 48.0 Å². The molecule has 4 nitrogen and oxygen atoms in total. The number of aromatic nitrogens is 3. The van der Waals surface area contributed by atoms with Crippen LogP contribution in [0.15, 0.2) is 48.8 Å². The molecule has 0 aliphatic carbocycles. The van der Waals surface area contributed by atoms with Gasteiger partial charge in [0.1, 0.15) is 5.75 Å². The Bertz CT molecular complexity index is 768. The van der Waals surface area contributed by atoms with Gasteiger partial charge >= 0.3 is 0 Å². The summed E-state index contributed by atoms with van der Waals surface area (Å²) in [6, 6.07) is 11.6. The number of hydrogen-bond donors (Lipinski definition) is 0. The minimum absolute atomic E-state index is 0.591. The zero-order valence-corrected chi connectivity index (χ0v) is 12.5. The zero-order valence-electron chi connectivity index (χ0n) is 11.7. The molecule has 0 saturated heterocycles. The molecule has 2 heterocycles. The lowest BCUT2D eigenvalue weighted by molar-refractivity contribution is 0.415. The van der Waals surface area contributed by atoms with Crippen molar-refractivity contribution >= 4 is 11.6 Å². The second kappa shape index (κ2) is 5.58. The molecular weight excluding hydrogens is 286 g/mol. The molecular formula is C16H14ClN3O. The van der Waals surface area contributed by atoms with Crippen LogP contribution < -0.4 is 4.74 Å². The number of nitrogens with zero attached hydrogens (tertiary/aromatic N) is 3. The molecule has 0 spiro atoms. The van der Waals surface area contributed by atoms with E-state index in [-0.39, 0.29) is 0 Å². The number of benzene rings is 1. The van der Waals surface area contributed by atoms with Crippen molar-refractivity contribution in [2.45, 2.75) is 6.92 Å². The first-order valence-corrected chi connectivity index (χ1v) is 6.88. The Labute approximate surface area is 128 Å². The van der Waals surface area contributed by atoms with Crippen LogP contribution in [0.4, 0.5) is 0 Å². The average Bonchev–Trinajstić information content (AvgIpc) is 2.90. The van der Waals surface area contributed by atoms with Crippen molar-refractivity contribution in [1.82, 2.24) is 14.8 Å². The molecule has 1 aromatic carbocycles. The zero-order chi connectivity index (χ0) is 14.8. The van der Waals surface area contributed by atoms with Gasteiger partial charge in [0.05, 0.1) is 29.2 Å². The molecule has 0 atom stereocenters. The highest BCUT2D eigenvalue weighted by Crippen LogP contribution is 2.31. The molecule has 0 radical (unpaired) electrons. The van der Waals surface area contributed by atoms with E-state index in [2.05, 4.69) is 10.1 Å². The van der Waals surface area contributed by atoms with Crippen LogP contribution in [0.3, 0.4) is 0 Å². The van der Waals surface area contributed by atoms with Crippen molar-refractivity contribution in [2.75, 3.05) is 7.11 Å². The first kappa shape index (κ1) is 13.6. The Morgan fingerprint density at radius 2 is 1.86 bits per heavy atom. The number of ether oxygens (including phenoxy) is 1.